The zero-order valence-corrected chi connectivity index (χ0v) is 14.6. The van der Waals surface area contributed by atoms with Crippen LogP contribution in [0.1, 0.15) is 0 Å². The van der Waals surface area contributed by atoms with Gasteiger partial charge in [0.2, 0.25) is 0 Å². The normalized spacial score (nSPS) is 10.1. The van der Waals surface area contributed by atoms with E-state index in [-0.39, 0.29) is 12.3 Å². The molecule has 0 bridgehead atoms. The molecular formula is C16H12BrClFNO4. The van der Waals surface area contributed by atoms with Crippen LogP contribution in [-0.4, -0.2) is 25.1 Å². The number of nitrogens with one attached hydrogen (secondary N) is 1. The second-order valence-corrected chi connectivity index (χ2v) is 5.93. The summed E-state index contributed by atoms with van der Waals surface area (Å²) in [6, 6.07) is 10.6. The van der Waals surface area contributed by atoms with Gasteiger partial charge >= 0.3 is 5.97 Å². The molecule has 0 aliphatic carbocycles. The van der Waals surface area contributed by atoms with Gasteiger partial charge in [-0.1, -0.05) is 27.5 Å². The van der Waals surface area contributed by atoms with Crippen molar-refractivity contribution >= 4 is 45.1 Å². The van der Waals surface area contributed by atoms with Gasteiger partial charge in [-0.25, -0.2) is 9.18 Å². The van der Waals surface area contributed by atoms with Crippen molar-refractivity contribution in [2.24, 2.45) is 0 Å². The highest BCUT2D eigenvalue weighted by molar-refractivity contribution is 9.10. The van der Waals surface area contributed by atoms with E-state index in [0.717, 1.165) is 0 Å². The molecule has 126 valence electrons. The monoisotopic (exact) mass is 415 g/mol. The minimum atomic E-state index is -0.726. The number of ether oxygens (including phenoxy) is 2. The van der Waals surface area contributed by atoms with Gasteiger partial charge in [0, 0.05) is 9.50 Å². The fourth-order valence-electron chi connectivity index (χ4n) is 1.64. The quantitative estimate of drug-likeness (QED) is 0.728. The molecule has 2 aromatic carbocycles. The predicted octanol–water partition coefficient (Wildman–Crippen LogP) is 3.80. The van der Waals surface area contributed by atoms with Crippen LogP contribution in [0.3, 0.4) is 0 Å². The Morgan fingerprint density at radius 3 is 2.50 bits per heavy atom. The molecule has 0 atom stereocenters. The Morgan fingerprint density at radius 1 is 1.12 bits per heavy atom. The molecule has 8 heteroatoms. The van der Waals surface area contributed by atoms with Crippen molar-refractivity contribution in [3.05, 3.63) is 57.8 Å². The largest absolute Gasteiger partial charge is 0.482 e. The van der Waals surface area contributed by atoms with Crippen LogP contribution >= 0.6 is 27.5 Å². The first kappa shape index (κ1) is 18.2. The van der Waals surface area contributed by atoms with Crippen molar-refractivity contribution in [2.45, 2.75) is 0 Å². The van der Waals surface area contributed by atoms with Gasteiger partial charge in [0.05, 0.1) is 5.69 Å². The number of esters is 1. The van der Waals surface area contributed by atoms with Gasteiger partial charge in [0.15, 0.2) is 13.2 Å². The van der Waals surface area contributed by atoms with Gasteiger partial charge in [-0.2, -0.15) is 0 Å². The van der Waals surface area contributed by atoms with E-state index in [4.69, 9.17) is 21.1 Å². The zero-order chi connectivity index (χ0) is 17.5. The lowest BCUT2D eigenvalue weighted by molar-refractivity contribution is -0.149. The Labute approximate surface area is 150 Å². The van der Waals surface area contributed by atoms with E-state index >= 15 is 0 Å². The molecule has 0 radical (unpaired) electrons. The van der Waals surface area contributed by atoms with Crippen molar-refractivity contribution in [3.63, 3.8) is 0 Å². The molecule has 0 aliphatic rings. The molecule has 0 heterocycles. The van der Waals surface area contributed by atoms with E-state index < -0.39 is 24.3 Å². The number of halogens is 3. The van der Waals surface area contributed by atoms with Crippen LogP contribution in [0, 0.1) is 5.82 Å². The molecule has 24 heavy (non-hydrogen) atoms. The third-order valence-corrected chi connectivity index (χ3v) is 3.49. The highest BCUT2D eigenvalue weighted by Gasteiger charge is 2.11. The lowest BCUT2D eigenvalue weighted by Crippen LogP contribution is -2.24. The number of hydrogen-bond acceptors (Lipinski definition) is 4. The number of rotatable bonds is 6. The van der Waals surface area contributed by atoms with Gasteiger partial charge in [-0.15, -0.1) is 0 Å². The van der Waals surface area contributed by atoms with Crippen molar-refractivity contribution < 1.29 is 23.5 Å². The van der Waals surface area contributed by atoms with Gasteiger partial charge in [0.1, 0.15) is 11.6 Å². The molecule has 0 fully saturated rings. The number of hydrogen-bond donors (Lipinski definition) is 1. The second-order valence-electron chi connectivity index (χ2n) is 4.58. The number of anilines is 1. The van der Waals surface area contributed by atoms with E-state index in [1.165, 1.54) is 12.1 Å². The van der Waals surface area contributed by atoms with E-state index in [1.807, 2.05) is 0 Å². The summed E-state index contributed by atoms with van der Waals surface area (Å²) in [5, 5.41) is 2.85. The SMILES string of the molecule is O=C(COC(=O)COc1ccc(Cl)cc1)Nc1ccc(Br)cc1F. The zero-order valence-electron chi connectivity index (χ0n) is 12.2. The van der Waals surface area contributed by atoms with Crippen molar-refractivity contribution in [3.8, 4) is 5.75 Å². The molecule has 0 saturated carbocycles. The Kier molecular flexibility index (Phi) is 6.57. The number of carbonyl (C=O) groups excluding carboxylic acids is 2. The Morgan fingerprint density at radius 2 is 1.83 bits per heavy atom. The topological polar surface area (TPSA) is 64.6 Å². The molecule has 1 amide bonds. The van der Waals surface area contributed by atoms with Crippen molar-refractivity contribution in [1.82, 2.24) is 0 Å². The maximum Gasteiger partial charge on any atom is 0.344 e. The minimum Gasteiger partial charge on any atom is -0.482 e. The van der Waals surface area contributed by atoms with Crippen LogP contribution < -0.4 is 10.1 Å². The third-order valence-electron chi connectivity index (χ3n) is 2.74. The summed E-state index contributed by atoms with van der Waals surface area (Å²) < 4.78 is 24.0. The lowest BCUT2D eigenvalue weighted by atomic mass is 10.3. The number of carbonyl (C=O) groups is 2. The molecule has 0 saturated heterocycles. The van der Waals surface area contributed by atoms with Gasteiger partial charge < -0.3 is 14.8 Å². The van der Waals surface area contributed by atoms with Crippen molar-refractivity contribution in [1.29, 1.82) is 0 Å². The fraction of sp³-hybridized carbons (Fsp3) is 0.125. The second kappa shape index (κ2) is 8.65. The number of benzene rings is 2. The van der Waals surface area contributed by atoms with Crippen LogP contribution in [0.2, 0.25) is 5.02 Å². The average Bonchev–Trinajstić information content (AvgIpc) is 2.55. The van der Waals surface area contributed by atoms with Crippen molar-refractivity contribution in [2.75, 3.05) is 18.5 Å². The summed E-state index contributed by atoms with van der Waals surface area (Å²) in [6.45, 7) is -0.903. The molecule has 1 N–H and O–H groups in total. The third kappa shape index (κ3) is 5.82. The molecule has 0 unspecified atom stereocenters. The highest BCUT2D eigenvalue weighted by Crippen LogP contribution is 2.19. The molecule has 2 aromatic rings. The summed E-state index contributed by atoms with van der Waals surface area (Å²) in [6.07, 6.45) is 0. The summed E-state index contributed by atoms with van der Waals surface area (Å²) in [4.78, 5) is 23.2. The van der Waals surface area contributed by atoms with Crippen LogP contribution in [0.4, 0.5) is 10.1 Å². The Balaban J connectivity index is 1.74. The van der Waals surface area contributed by atoms with E-state index in [1.54, 1.807) is 30.3 Å². The molecule has 2 rings (SSSR count). The standard InChI is InChI=1S/C16H12BrClFNO4/c17-10-1-6-14(13(19)7-10)20-15(21)8-24-16(22)9-23-12-4-2-11(18)3-5-12/h1-7H,8-9H2,(H,20,21). The van der Waals surface area contributed by atoms with Gasteiger partial charge in [0.25, 0.3) is 5.91 Å². The lowest BCUT2D eigenvalue weighted by Gasteiger charge is -2.08. The first-order chi connectivity index (χ1) is 11.4. The first-order valence-corrected chi connectivity index (χ1v) is 7.90. The maximum absolute atomic E-state index is 13.6. The Bertz CT molecular complexity index is 739. The van der Waals surface area contributed by atoms with Crippen LogP contribution in [0.5, 0.6) is 5.75 Å². The smallest absolute Gasteiger partial charge is 0.344 e. The highest BCUT2D eigenvalue weighted by atomic mass is 79.9. The predicted molar refractivity (Wildman–Crippen MR) is 90.6 cm³/mol. The van der Waals surface area contributed by atoms with Crippen LogP contribution in [0.15, 0.2) is 46.9 Å². The van der Waals surface area contributed by atoms with Gasteiger partial charge in [-0.05, 0) is 42.5 Å². The summed E-state index contributed by atoms with van der Waals surface area (Å²) >= 11 is 8.83. The van der Waals surface area contributed by atoms with E-state index in [2.05, 4.69) is 21.2 Å². The molecule has 0 spiro atoms. The summed E-state index contributed by atoms with van der Waals surface area (Å²) in [5.41, 5.74) is -0.00309. The van der Waals surface area contributed by atoms with E-state index in [0.29, 0.717) is 15.2 Å². The molecule has 0 aliphatic heterocycles. The van der Waals surface area contributed by atoms with Gasteiger partial charge in [-0.3, -0.25) is 4.79 Å². The minimum absolute atomic E-state index is 0.00309. The maximum atomic E-state index is 13.6. The summed E-state index contributed by atoms with van der Waals surface area (Å²) in [5.74, 6) is -1.54. The van der Waals surface area contributed by atoms with Crippen LogP contribution in [0.25, 0.3) is 0 Å². The number of amides is 1. The fourth-order valence-corrected chi connectivity index (χ4v) is 2.10. The average molecular weight is 417 g/mol. The first-order valence-electron chi connectivity index (χ1n) is 6.73. The molecular weight excluding hydrogens is 405 g/mol. The van der Waals surface area contributed by atoms with Crippen LogP contribution in [-0.2, 0) is 14.3 Å². The Hall–Kier alpha value is -2.12. The van der Waals surface area contributed by atoms with E-state index in [9.17, 15) is 14.0 Å². The molecule has 0 aromatic heterocycles. The molecule has 5 nitrogen and oxygen atoms in total. The summed E-state index contributed by atoms with van der Waals surface area (Å²) in [7, 11) is 0.